The van der Waals surface area contributed by atoms with Crippen molar-refractivity contribution in [1.29, 1.82) is 0 Å². The molecule has 0 amide bonds. The van der Waals surface area contributed by atoms with Crippen LogP contribution >= 0.6 is 0 Å². The van der Waals surface area contributed by atoms with Crippen LogP contribution in [-0.4, -0.2) is 12.1 Å². The predicted octanol–water partition coefficient (Wildman–Crippen LogP) is 3.74. The second-order valence-corrected chi connectivity index (χ2v) is 4.76. The highest BCUT2D eigenvalue weighted by Crippen LogP contribution is 2.29. The zero-order chi connectivity index (χ0) is 14.5. The minimum atomic E-state index is -4.32. The van der Waals surface area contributed by atoms with Gasteiger partial charge in [0.15, 0.2) is 0 Å². The van der Waals surface area contributed by atoms with Crippen LogP contribution in [0, 0.1) is 0 Å². The fraction of sp³-hybridized carbons (Fsp3) is 0.571. The molecular formula is C14H20F3NO. The zero-order valence-corrected chi connectivity index (χ0v) is 11.3. The first-order chi connectivity index (χ1) is 8.80. The smallest absolute Gasteiger partial charge is 0.375 e. The molecule has 0 aliphatic carbocycles. The van der Waals surface area contributed by atoms with Crippen molar-refractivity contribution in [2.75, 3.05) is 6.61 Å². The second-order valence-electron chi connectivity index (χ2n) is 4.76. The SMILES string of the molecule is CCC(N)(CC)COCc1cccc(C(F)(F)F)c1. The molecule has 0 heterocycles. The van der Waals surface area contributed by atoms with Crippen LogP contribution in [0.4, 0.5) is 13.2 Å². The van der Waals surface area contributed by atoms with Crippen molar-refractivity contribution in [2.45, 2.75) is 45.0 Å². The first-order valence-electron chi connectivity index (χ1n) is 6.33. The van der Waals surface area contributed by atoms with Crippen LogP contribution in [0.25, 0.3) is 0 Å². The van der Waals surface area contributed by atoms with Crippen molar-refractivity contribution >= 4 is 0 Å². The number of alkyl halides is 3. The summed E-state index contributed by atoms with van der Waals surface area (Å²) in [7, 11) is 0. The molecule has 0 aliphatic heterocycles. The van der Waals surface area contributed by atoms with E-state index in [1.807, 2.05) is 13.8 Å². The molecule has 0 atom stereocenters. The monoisotopic (exact) mass is 275 g/mol. The third kappa shape index (κ3) is 4.84. The number of nitrogens with two attached hydrogens (primary N) is 1. The molecule has 2 N–H and O–H groups in total. The summed E-state index contributed by atoms with van der Waals surface area (Å²) in [5.74, 6) is 0. The van der Waals surface area contributed by atoms with Crippen LogP contribution < -0.4 is 5.73 Å². The number of halogens is 3. The summed E-state index contributed by atoms with van der Waals surface area (Å²) in [4.78, 5) is 0. The summed E-state index contributed by atoms with van der Waals surface area (Å²) in [6, 6.07) is 5.16. The number of rotatable bonds is 6. The van der Waals surface area contributed by atoms with Crippen LogP contribution in [0.15, 0.2) is 24.3 Å². The van der Waals surface area contributed by atoms with Gasteiger partial charge in [-0.25, -0.2) is 0 Å². The molecule has 108 valence electrons. The highest BCUT2D eigenvalue weighted by atomic mass is 19.4. The minimum Gasteiger partial charge on any atom is -0.375 e. The topological polar surface area (TPSA) is 35.2 Å². The van der Waals surface area contributed by atoms with Crippen molar-refractivity contribution in [3.63, 3.8) is 0 Å². The quantitative estimate of drug-likeness (QED) is 0.858. The first kappa shape index (κ1) is 16.0. The molecule has 1 aromatic rings. The zero-order valence-electron chi connectivity index (χ0n) is 11.3. The van der Waals surface area contributed by atoms with Gasteiger partial charge in [-0.3, -0.25) is 0 Å². The lowest BCUT2D eigenvalue weighted by Crippen LogP contribution is -2.43. The Balaban J connectivity index is 2.59. The maximum absolute atomic E-state index is 12.5. The van der Waals surface area contributed by atoms with Gasteiger partial charge in [0.05, 0.1) is 18.8 Å². The van der Waals surface area contributed by atoms with E-state index in [4.69, 9.17) is 10.5 Å². The van der Waals surface area contributed by atoms with Crippen molar-refractivity contribution < 1.29 is 17.9 Å². The van der Waals surface area contributed by atoms with Gasteiger partial charge in [-0.1, -0.05) is 26.0 Å². The number of benzene rings is 1. The maximum atomic E-state index is 12.5. The number of hydrogen-bond donors (Lipinski definition) is 1. The summed E-state index contributed by atoms with van der Waals surface area (Å²) in [5, 5.41) is 0. The van der Waals surface area contributed by atoms with Crippen molar-refractivity contribution in [3.05, 3.63) is 35.4 Å². The lowest BCUT2D eigenvalue weighted by molar-refractivity contribution is -0.137. The third-order valence-electron chi connectivity index (χ3n) is 3.32. The molecule has 0 saturated carbocycles. The predicted molar refractivity (Wildman–Crippen MR) is 68.6 cm³/mol. The van der Waals surface area contributed by atoms with E-state index < -0.39 is 17.3 Å². The summed E-state index contributed by atoms with van der Waals surface area (Å²) >= 11 is 0. The van der Waals surface area contributed by atoms with Gasteiger partial charge in [-0.15, -0.1) is 0 Å². The van der Waals surface area contributed by atoms with E-state index in [-0.39, 0.29) is 6.61 Å². The fourth-order valence-electron chi connectivity index (χ4n) is 1.66. The van der Waals surface area contributed by atoms with Gasteiger partial charge in [-0.05, 0) is 30.5 Å². The average molecular weight is 275 g/mol. The molecule has 1 aromatic carbocycles. The Bertz CT molecular complexity index is 400. The minimum absolute atomic E-state index is 0.142. The Hall–Kier alpha value is -1.07. The van der Waals surface area contributed by atoms with Gasteiger partial charge in [-0.2, -0.15) is 13.2 Å². The van der Waals surface area contributed by atoms with E-state index in [0.29, 0.717) is 12.2 Å². The first-order valence-corrected chi connectivity index (χ1v) is 6.33. The number of hydrogen-bond acceptors (Lipinski definition) is 2. The molecule has 0 unspecified atom stereocenters. The molecule has 0 bridgehead atoms. The van der Waals surface area contributed by atoms with E-state index >= 15 is 0 Å². The molecule has 0 fully saturated rings. The van der Waals surface area contributed by atoms with Crippen molar-refractivity contribution in [1.82, 2.24) is 0 Å². The van der Waals surface area contributed by atoms with Crippen LogP contribution in [-0.2, 0) is 17.5 Å². The largest absolute Gasteiger partial charge is 0.416 e. The van der Waals surface area contributed by atoms with Crippen LogP contribution in [0.3, 0.4) is 0 Å². The van der Waals surface area contributed by atoms with Gasteiger partial charge in [0.25, 0.3) is 0 Å². The third-order valence-corrected chi connectivity index (χ3v) is 3.32. The lowest BCUT2D eigenvalue weighted by atomic mass is 9.96. The van der Waals surface area contributed by atoms with Gasteiger partial charge < -0.3 is 10.5 Å². The van der Waals surface area contributed by atoms with E-state index in [9.17, 15) is 13.2 Å². The molecule has 0 spiro atoms. The van der Waals surface area contributed by atoms with Gasteiger partial charge in [0, 0.05) is 5.54 Å². The highest BCUT2D eigenvalue weighted by molar-refractivity contribution is 5.25. The standard InChI is InChI=1S/C14H20F3NO/c1-3-13(18,4-2)10-19-9-11-6-5-7-12(8-11)14(15,16)17/h5-8H,3-4,9-10,18H2,1-2H3. The summed E-state index contributed by atoms with van der Waals surface area (Å²) in [6.45, 7) is 4.42. The summed E-state index contributed by atoms with van der Waals surface area (Å²) in [6.07, 6.45) is -2.78. The lowest BCUT2D eigenvalue weighted by Gasteiger charge is -2.26. The van der Waals surface area contributed by atoms with Crippen molar-refractivity contribution in [2.24, 2.45) is 5.73 Å². The Kier molecular flexibility index (Phi) is 5.38. The average Bonchev–Trinajstić information content (AvgIpc) is 2.38. The van der Waals surface area contributed by atoms with E-state index in [1.54, 1.807) is 6.07 Å². The van der Waals surface area contributed by atoms with E-state index in [1.165, 1.54) is 6.07 Å². The normalized spacial score (nSPS) is 12.7. The highest BCUT2D eigenvalue weighted by Gasteiger charge is 2.30. The Morgan fingerprint density at radius 3 is 2.32 bits per heavy atom. The number of ether oxygens (including phenoxy) is 1. The van der Waals surface area contributed by atoms with Crippen LogP contribution in [0.5, 0.6) is 0 Å². The molecule has 5 heteroatoms. The van der Waals surface area contributed by atoms with Gasteiger partial charge >= 0.3 is 6.18 Å². The molecule has 2 nitrogen and oxygen atoms in total. The van der Waals surface area contributed by atoms with E-state index in [0.717, 1.165) is 25.0 Å². The Morgan fingerprint density at radius 1 is 1.16 bits per heavy atom. The molecule has 1 rings (SSSR count). The van der Waals surface area contributed by atoms with Gasteiger partial charge in [0.2, 0.25) is 0 Å². The summed E-state index contributed by atoms with van der Waals surface area (Å²) < 4.78 is 43.0. The maximum Gasteiger partial charge on any atom is 0.416 e. The fourth-order valence-corrected chi connectivity index (χ4v) is 1.66. The second kappa shape index (κ2) is 6.39. The molecule has 0 saturated heterocycles. The molecule has 0 aliphatic rings. The van der Waals surface area contributed by atoms with Crippen LogP contribution in [0.2, 0.25) is 0 Å². The van der Waals surface area contributed by atoms with Crippen molar-refractivity contribution in [3.8, 4) is 0 Å². The summed E-state index contributed by atoms with van der Waals surface area (Å²) in [5.41, 5.74) is 5.50. The molecule has 0 radical (unpaired) electrons. The molecule has 19 heavy (non-hydrogen) atoms. The molecule has 0 aromatic heterocycles. The van der Waals surface area contributed by atoms with E-state index in [2.05, 4.69) is 0 Å². The van der Waals surface area contributed by atoms with Gasteiger partial charge in [0.1, 0.15) is 0 Å². The Labute approximate surface area is 111 Å². The van der Waals surface area contributed by atoms with Crippen LogP contribution in [0.1, 0.15) is 37.8 Å². The Morgan fingerprint density at radius 2 is 1.79 bits per heavy atom. The molecular weight excluding hydrogens is 255 g/mol.